The minimum atomic E-state index is -0.0714. The van der Waals surface area contributed by atoms with E-state index in [2.05, 4.69) is 27.1 Å². The molecule has 0 radical (unpaired) electrons. The lowest BCUT2D eigenvalue weighted by atomic mass is 10.1. The molecule has 0 fully saturated rings. The largest absolute Gasteiger partial charge is 0.355 e. The Morgan fingerprint density at radius 3 is 2.72 bits per heavy atom. The first-order valence-electron chi connectivity index (χ1n) is 8.46. The van der Waals surface area contributed by atoms with Crippen LogP contribution in [-0.4, -0.2) is 44.5 Å². The fraction of sp³-hybridized carbons (Fsp3) is 0.474. The van der Waals surface area contributed by atoms with Crippen molar-refractivity contribution in [1.82, 2.24) is 15.5 Å². The van der Waals surface area contributed by atoms with Crippen LogP contribution in [0.15, 0.2) is 41.9 Å². The number of carbonyl (C=O) groups excluding carboxylic acids is 1. The van der Waals surface area contributed by atoms with Gasteiger partial charge < -0.3 is 15.5 Å². The zero-order valence-corrected chi connectivity index (χ0v) is 17.9. The summed E-state index contributed by atoms with van der Waals surface area (Å²) in [6.45, 7) is 5.35. The second-order valence-electron chi connectivity index (χ2n) is 5.74. The molecule has 6 heteroatoms. The number of benzene rings is 1. The average Bonchev–Trinajstić information content (AvgIpc) is 2.61. The molecule has 1 aromatic carbocycles. The number of nitrogens with zero attached hydrogens (tertiary/aromatic N) is 2. The van der Waals surface area contributed by atoms with Gasteiger partial charge in [0.05, 0.1) is 0 Å². The van der Waals surface area contributed by atoms with Crippen molar-refractivity contribution in [2.24, 2.45) is 4.99 Å². The van der Waals surface area contributed by atoms with Gasteiger partial charge in [0, 0.05) is 39.8 Å². The van der Waals surface area contributed by atoms with Gasteiger partial charge >= 0.3 is 0 Å². The van der Waals surface area contributed by atoms with Gasteiger partial charge in [0.2, 0.25) is 0 Å². The molecule has 0 saturated carbocycles. The lowest BCUT2D eigenvalue weighted by Crippen LogP contribution is -2.39. The maximum Gasteiger partial charge on any atom is 0.251 e. The van der Waals surface area contributed by atoms with Gasteiger partial charge in [-0.25, -0.2) is 0 Å². The van der Waals surface area contributed by atoms with Gasteiger partial charge in [0.15, 0.2) is 5.96 Å². The Morgan fingerprint density at radius 2 is 2.08 bits per heavy atom. The second kappa shape index (κ2) is 13.7. The lowest BCUT2D eigenvalue weighted by molar-refractivity contribution is 0.0963. The number of aliphatic imine (C=N–C) groups is 1. The molecule has 0 saturated heterocycles. The van der Waals surface area contributed by atoms with Crippen molar-refractivity contribution in [3.63, 3.8) is 0 Å². The fourth-order valence-corrected chi connectivity index (χ4v) is 2.45. The third kappa shape index (κ3) is 8.90. The molecule has 0 aliphatic heterocycles. The molecule has 2 N–H and O–H groups in total. The summed E-state index contributed by atoms with van der Waals surface area (Å²) in [4.78, 5) is 18.2. The molecule has 1 amide bonds. The van der Waals surface area contributed by atoms with E-state index < -0.39 is 0 Å². The predicted molar refractivity (Wildman–Crippen MR) is 117 cm³/mol. The number of hydrogen-bond donors (Lipinski definition) is 2. The fourth-order valence-electron chi connectivity index (χ4n) is 2.45. The number of allylic oxidation sites excluding steroid dienone is 1. The SMILES string of the molecule is C=CCCCCCN(C)C(=NC)NCc1cccc(C(=O)NC)c1.I. The van der Waals surface area contributed by atoms with Crippen LogP contribution in [0.5, 0.6) is 0 Å². The Balaban J connectivity index is 0.00000576. The minimum Gasteiger partial charge on any atom is -0.355 e. The van der Waals surface area contributed by atoms with Crippen LogP contribution in [0.2, 0.25) is 0 Å². The summed E-state index contributed by atoms with van der Waals surface area (Å²) in [5, 5.41) is 5.99. The van der Waals surface area contributed by atoms with Crippen LogP contribution >= 0.6 is 24.0 Å². The minimum absolute atomic E-state index is 0. The van der Waals surface area contributed by atoms with E-state index in [0.717, 1.165) is 30.9 Å². The van der Waals surface area contributed by atoms with E-state index in [-0.39, 0.29) is 29.9 Å². The molecular weight excluding hydrogens is 427 g/mol. The number of guanidine groups is 1. The van der Waals surface area contributed by atoms with Gasteiger partial charge in [-0.05, 0) is 37.0 Å². The molecule has 0 bridgehead atoms. The molecular formula is C19H31IN4O. The third-order valence-electron chi connectivity index (χ3n) is 3.84. The van der Waals surface area contributed by atoms with Crippen LogP contribution in [0.3, 0.4) is 0 Å². The van der Waals surface area contributed by atoms with E-state index >= 15 is 0 Å². The van der Waals surface area contributed by atoms with Gasteiger partial charge in [-0.1, -0.05) is 24.6 Å². The van der Waals surface area contributed by atoms with Gasteiger partial charge in [0.1, 0.15) is 0 Å². The Labute approximate surface area is 169 Å². The summed E-state index contributed by atoms with van der Waals surface area (Å²) in [5.74, 6) is 0.793. The molecule has 0 heterocycles. The van der Waals surface area contributed by atoms with Crippen LogP contribution in [-0.2, 0) is 6.54 Å². The maximum absolute atomic E-state index is 11.7. The summed E-state index contributed by atoms with van der Waals surface area (Å²) in [7, 11) is 5.47. The molecule has 0 aromatic heterocycles. The highest BCUT2D eigenvalue weighted by Gasteiger charge is 2.07. The van der Waals surface area contributed by atoms with Gasteiger partial charge in [-0.3, -0.25) is 9.79 Å². The highest BCUT2D eigenvalue weighted by molar-refractivity contribution is 14.0. The van der Waals surface area contributed by atoms with Gasteiger partial charge in [-0.2, -0.15) is 0 Å². The summed E-state index contributed by atoms with van der Waals surface area (Å²) in [5.41, 5.74) is 1.72. The van der Waals surface area contributed by atoms with Crippen molar-refractivity contribution in [3.8, 4) is 0 Å². The van der Waals surface area contributed by atoms with Crippen molar-refractivity contribution in [2.75, 3.05) is 27.7 Å². The van der Waals surface area contributed by atoms with E-state index in [1.54, 1.807) is 14.1 Å². The highest BCUT2D eigenvalue weighted by Crippen LogP contribution is 2.06. The Bertz CT molecular complexity index is 560. The zero-order chi connectivity index (χ0) is 17.8. The maximum atomic E-state index is 11.7. The van der Waals surface area contributed by atoms with E-state index in [0.29, 0.717) is 12.1 Å². The Kier molecular flexibility index (Phi) is 12.8. The Morgan fingerprint density at radius 1 is 1.32 bits per heavy atom. The van der Waals surface area contributed by atoms with Crippen LogP contribution in [0.4, 0.5) is 0 Å². The lowest BCUT2D eigenvalue weighted by Gasteiger charge is -2.22. The first-order valence-corrected chi connectivity index (χ1v) is 8.46. The van der Waals surface area contributed by atoms with E-state index in [1.165, 1.54) is 12.8 Å². The molecule has 25 heavy (non-hydrogen) atoms. The molecule has 1 aromatic rings. The van der Waals surface area contributed by atoms with Crippen molar-refractivity contribution in [3.05, 3.63) is 48.0 Å². The van der Waals surface area contributed by atoms with Gasteiger partial charge in [-0.15, -0.1) is 30.6 Å². The number of halogens is 1. The molecule has 5 nitrogen and oxygen atoms in total. The number of nitrogens with one attached hydrogen (secondary N) is 2. The summed E-state index contributed by atoms with van der Waals surface area (Å²) < 4.78 is 0. The molecule has 140 valence electrons. The van der Waals surface area contributed by atoms with Crippen LogP contribution in [0, 0.1) is 0 Å². The summed E-state index contributed by atoms with van der Waals surface area (Å²) in [6.07, 6.45) is 6.57. The third-order valence-corrected chi connectivity index (χ3v) is 3.84. The monoisotopic (exact) mass is 458 g/mol. The average molecular weight is 458 g/mol. The van der Waals surface area contributed by atoms with E-state index in [1.807, 2.05) is 37.4 Å². The molecule has 0 spiro atoms. The second-order valence-corrected chi connectivity index (χ2v) is 5.74. The van der Waals surface area contributed by atoms with Crippen molar-refractivity contribution >= 4 is 35.8 Å². The van der Waals surface area contributed by atoms with Crippen LogP contribution in [0.25, 0.3) is 0 Å². The molecule has 0 atom stereocenters. The Hall–Kier alpha value is -1.57. The highest BCUT2D eigenvalue weighted by atomic mass is 127. The smallest absolute Gasteiger partial charge is 0.251 e. The van der Waals surface area contributed by atoms with Gasteiger partial charge in [0.25, 0.3) is 5.91 Å². The first-order chi connectivity index (χ1) is 11.6. The standard InChI is InChI=1S/C19H30N4O.HI/c1-5-6-7-8-9-13-23(4)19(21-3)22-15-16-11-10-12-17(14-16)18(24)20-2;/h5,10-12,14H,1,6-9,13,15H2,2-4H3,(H,20,24)(H,21,22);1H. The van der Waals surface area contributed by atoms with Crippen molar-refractivity contribution < 1.29 is 4.79 Å². The van der Waals surface area contributed by atoms with Crippen LogP contribution < -0.4 is 10.6 Å². The normalized spacial score (nSPS) is 10.6. The topological polar surface area (TPSA) is 56.7 Å². The number of unbranched alkanes of at least 4 members (excludes halogenated alkanes) is 3. The summed E-state index contributed by atoms with van der Waals surface area (Å²) in [6, 6.07) is 7.61. The number of rotatable bonds is 9. The molecule has 0 aliphatic rings. The number of carbonyl (C=O) groups is 1. The van der Waals surface area contributed by atoms with E-state index in [9.17, 15) is 4.79 Å². The quantitative estimate of drug-likeness (QED) is 0.196. The number of amides is 1. The molecule has 0 aliphatic carbocycles. The van der Waals surface area contributed by atoms with Crippen molar-refractivity contribution in [1.29, 1.82) is 0 Å². The zero-order valence-electron chi connectivity index (χ0n) is 15.5. The van der Waals surface area contributed by atoms with Crippen LogP contribution in [0.1, 0.15) is 41.6 Å². The first kappa shape index (κ1) is 23.4. The van der Waals surface area contributed by atoms with Crippen molar-refractivity contribution in [2.45, 2.75) is 32.2 Å². The predicted octanol–water partition coefficient (Wildman–Crippen LogP) is 3.42. The van der Waals surface area contributed by atoms with E-state index in [4.69, 9.17) is 0 Å². The molecule has 0 unspecified atom stereocenters. The molecule has 1 rings (SSSR count). The summed E-state index contributed by atoms with van der Waals surface area (Å²) >= 11 is 0. The number of hydrogen-bond acceptors (Lipinski definition) is 2.